The maximum absolute atomic E-state index is 11.8. The summed E-state index contributed by atoms with van der Waals surface area (Å²) >= 11 is 0. The highest BCUT2D eigenvalue weighted by Gasteiger charge is 2.37. The normalized spacial score (nSPS) is 25.4. The number of ether oxygens (including phenoxy) is 1. The maximum Gasteiger partial charge on any atom is 0.328 e. The first kappa shape index (κ1) is 15.2. The average Bonchev–Trinajstić information content (AvgIpc) is 2.65. The van der Waals surface area contributed by atoms with Gasteiger partial charge in [-0.3, -0.25) is 4.79 Å². The Bertz CT molecular complexity index is 265. The van der Waals surface area contributed by atoms with Crippen LogP contribution < -0.4 is 10.6 Å². The topological polar surface area (TPSA) is 67.4 Å². The molecular weight excluding hydrogens is 232 g/mol. The monoisotopic (exact) mass is 250 g/mol. The van der Waals surface area contributed by atoms with E-state index in [-0.39, 0.29) is 18.3 Å². The Hall–Kier alpha value is -0.810. The summed E-state index contributed by atoms with van der Waals surface area (Å²) in [6, 6.07) is -0.583. The molecule has 2 atom stereocenters. The smallest absolute Gasteiger partial charge is 0.328 e. The number of rotatable bonds is 3. The Balaban J connectivity index is 0.00000225. The van der Waals surface area contributed by atoms with Gasteiger partial charge in [0, 0.05) is 6.54 Å². The first-order chi connectivity index (χ1) is 6.99. The molecule has 0 bridgehead atoms. The fraction of sp³-hybridized carbons (Fsp3) is 0.800. The van der Waals surface area contributed by atoms with Crippen molar-refractivity contribution < 1.29 is 14.3 Å². The Morgan fingerprint density at radius 3 is 2.56 bits per heavy atom. The van der Waals surface area contributed by atoms with Crippen molar-refractivity contribution in [3.05, 3.63) is 0 Å². The molecule has 1 amide bonds. The fourth-order valence-corrected chi connectivity index (χ4v) is 1.62. The molecule has 0 saturated carbocycles. The van der Waals surface area contributed by atoms with E-state index in [0.717, 1.165) is 13.0 Å². The fourth-order valence-electron chi connectivity index (χ4n) is 1.62. The number of methoxy groups -OCH3 is 1. The molecule has 1 fully saturated rings. The molecule has 5 nitrogen and oxygen atoms in total. The van der Waals surface area contributed by atoms with Gasteiger partial charge in [0.15, 0.2) is 0 Å². The lowest BCUT2D eigenvalue weighted by molar-refractivity contribution is -0.145. The number of amides is 1. The van der Waals surface area contributed by atoms with E-state index in [2.05, 4.69) is 15.4 Å². The van der Waals surface area contributed by atoms with E-state index >= 15 is 0 Å². The summed E-state index contributed by atoms with van der Waals surface area (Å²) in [5.74, 6) is -0.511. The molecular formula is C10H19ClN2O3. The third-order valence-corrected chi connectivity index (χ3v) is 2.82. The molecule has 0 aromatic carbocycles. The SMILES string of the molecule is COC(=O)C(C)NC(=O)C1(C)CCNC1.Cl. The second kappa shape index (κ2) is 6.06. The van der Waals surface area contributed by atoms with Crippen LogP contribution in [0.1, 0.15) is 20.3 Å². The average molecular weight is 251 g/mol. The highest BCUT2D eigenvalue weighted by molar-refractivity contribution is 5.87. The van der Waals surface area contributed by atoms with E-state index < -0.39 is 17.4 Å². The number of hydrogen-bond donors (Lipinski definition) is 2. The van der Waals surface area contributed by atoms with Crippen LogP contribution in [0.5, 0.6) is 0 Å². The Labute approximate surface area is 102 Å². The lowest BCUT2D eigenvalue weighted by Crippen LogP contribution is -2.47. The van der Waals surface area contributed by atoms with E-state index in [4.69, 9.17) is 0 Å². The van der Waals surface area contributed by atoms with Crippen molar-refractivity contribution in [2.45, 2.75) is 26.3 Å². The van der Waals surface area contributed by atoms with Gasteiger partial charge in [-0.25, -0.2) is 4.79 Å². The second-order valence-corrected chi connectivity index (χ2v) is 4.21. The number of esters is 1. The summed E-state index contributed by atoms with van der Waals surface area (Å²) < 4.78 is 4.54. The number of carbonyl (C=O) groups is 2. The first-order valence-corrected chi connectivity index (χ1v) is 5.09. The van der Waals surface area contributed by atoms with E-state index in [9.17, 15) is 9.59 Å². The van der Waals surface area contributed by atoms with Crippen LogP contribution in [0.3, 0.4) is 0 Å². The third kappa shape index (κ3) is 3.35. The van der Waals surface area contributed by atoms with Crippen LogP contribution in [0, 0.1) is 5.41 Å². The van der Waals surface area contributed by atoms with Gasteiger partial charge in [-0.1, -0.05) is 0 Å². The predicted molar refractivity (Wildman–Crippen MR) is 62.5 cm³/mol. The summed E-state index contributed by atoms with van der Waals surface area (Å²) in [5.41, 5.74) is -0.401. The Kier molecular flexibility index (Phi) is 5.75. The molecule has 1 aliphatic heterocycles. The van der Waals surface area contributed by atoms with Crippen LogP contribution in [0.25, 0.3) is 0 Å². The lowest BCUT2D eigenvalue weighted by Gasteiger charge is -2.23. The predicted octanol–water partition coefficient (Wildman–Crippen LogP) is 0.0855. The molecule has 0 aliphatic carbocycles. The Morgan fingerprint density at radius 1 is 1.50 bits per heavy atom. The van der Waals surface area contributed by atoms with Gasteiger partial charge in [0.2, 0.25) is 5.91 Å². The third-order valence-electron chi connectivity index (χ3n) is 2.82. The molecule has 0 spiro atoms. The molecule has 1 aliphatic rings. The molecule has 0 aromatic rings. The van der Waals surface area contributed by atoms with Gasteiger partial charge in [-0.2, -0.15) is 0 Å². The summed E-state index contributed by atoms with van der Waals surface area (Å²) in [7, 11) is 1.31. The van der Waals surface area contributed by atoms with Crippen LogP contribution in [-0.4, -0.2) is 38.1 Å². The van der Waals surface area contributed by atoms with E-state index in [1.54, 1.807) is 6.92 Å². The Morgan fingerprint density at radius 2 is 2.12 bits per heavy atom. The molecule has 16 heavy (non-hydrogen) atoms. The van der Waals surface area contributed by atoms with Crippen molar-refractivity contribution >= 4 is 24.3 Å². The zero-order valence-corrected chi connectivity index (χ0v) is 10.6. The second-order valence-electron chi connectivity index (χ2n) is 4.21. The number of halogens is 1. The van der Waals surface area contributed by atoms with Gasteiger partial charge in [0.05, 0.1) is 12.5 Å². The lowest BCUT2D eigenvalue weighted by atomic mass is 9.88. The van der Waals surface area contributed by atoms with Crippen molar-refractivity contribution in [3.8, 4) is 0 Å². The van der Waals surface area contributed by atoms with Gasteiger partial charge in [-0.05, 0) is 26.8 Å². The van der Waals surface area contributed by atoms with Crippen LogP contribution in [0.2, 0.25) is 0 Å². The van der Waals surface area contributed by atoms with Gasteiger partial charge < -0.3 is 15.4 Å². The van der Waals surface area contributed by atoms with Gasteiger partial charge >= 0.3 is 5.97 Å². The quantitative estimate of drug-likeness (QED) is 0.697. The molecule has 1 saturated heterocycles. The van der Waals surface area contributed by atoms with Crippen LogP contribution >= 0.6 is 12.4 Å². The highest BCUT2D eigenvalue weighted by atomic mass is 35.5. The zero-order valence-electron chi connectivity index (χ0n) is 9.83. The standard InChI is InChI=1S/C10H18N2O3.ClH/c1-7(8(13)15-3)12-9(14)10(2)4-5-11-6-10;/h7,11H,4-6H2,1-3H3,(H,12,14);1H. The highest BCUT2D eigenvalue weighted by Crippen LogP contribution is 2.24. The number of carbonyl (C=O) groups excluding carboxylic acids is 2. The molecule has 6 heteroatoms. The summed E-state index contributed by atoms with van der Waals surface area (Å²) in [4.78, 5) is 23.0. The van der Waals surface area contributed by atoms with Crippen molar-refractivity contribution in [2.24, 2.45) is 5.41 Å². The maximum atomic E-state index is 11.8. The minimum absolute atomic E-state index is 0. The zero-order chi connectivity index (χ0) is 11.5. The molecule has 2 unspecified atom stereocenters. The minimum atomic E-state index is -0.583. The van der Waals surface area contributed by atoms with Crippen molar-refractivity contribution in [1.29, 1.82) is 0 Å². The van der Waals surface area contributed by atoms with Crippen LogP contribution in [0.15, 0.2) is 0 Å². The number of nitrogens with one attached hydrogen (secondary N) is 2. The summed E-state index contributed by atoms with van der Waals surface area (Å²) in [5, 5.41) is 5.79. The van der Waals surface area contributed by atoms with E-state index in [0.29, 0.717) is 6.54 Å². The van der Waals surface area contributed by atoms with E-state index in [1.165, 1.54) is 7.11 Å². The molecule has 94 valence electrons. The first-order valence-electron chi connectivity index (χ1n) is 5.09. The van der Waals surface area contributed by atoms with Gasteiger partial charge in [-0.15, -0.1) is 12.4 Å². The summed E-state index contributed by atoms with van der Waals surface area (Å²) in [6.07, 6.45) is 0.798. The molecule has 1 heterocycles. The minimum Gasteiger partial charge on any atom is -0.467 e. The van der Waals surface area contributed by atoms with Crippen molar-refractivity contribution in [2.75, 3.05) is 20.2 Å². The van der Waals surface area contributed by atoms with Crippen molar-refractivity contribution in [1.82, 2.24) is 10.6 Å². The van der Waals surface area contributed by atoms with Crippen LogP contribution in [-0.2, 0) is 14.3 Å². The molecule has 0 aromatic heterocycles. The largest absolute Gasteiger partial charge is 0.467 e. The molecule has 0 radical (unpaired) electrons. The van der Waals surface area contributed by atoms with Gasteiger partial charge in [0.25, 0.3) is 0 Å². The van der Waals surface area contributed by atoms with Crippen molar-refractivity contribution in [3.63, 3.8) is 0 Å². The molecule has 2 N–H and O–H groups in total. The molecule has 1 rings (SSSR count). The van der Waals surface area contributed by atoms with Gasteiger partial charge in [0.1, 0.15) is 6.04 Å². The van der Waals surface area contributed by atoms with Crippen LogP contribution in [0.4, 0.5) is 0 Å². The number of hydrogen-bond acceptors (Lipinski definition) is 4. The summed E-state index contributed by atoms with van der Waals surface area (Å²) in [6.45, 7) is 5.02. The van der Waals surface area contributed by atoms with E-state index in [1.807, 2.05) is 6.92 Å².